The molecule has 2 N–H and O–H groups in total. The van der Waals surface area contributed by atoms with Gasteiger partial charge in [0.2, 0.25) is 5.91 Å². The highest BCUT2D eigenvalue weighted by atomic mass is 16.3. The molecule has 1 aliphatic rings. The highest BCUT2D eigenvalue weighted by molar-refractivity contribution is 6.10. The molecule has 2 amide bonds. The number of carbonyl (C=O) groups is 2. The summed E-state index contributed by atoms with van der Waals surface area (Å²) < 4.78 is 0. The summed E-state index contributed by atoms with van der Waals surface area (Å²) in [5.41, 5.74) is 1.87. The van der Waals surface area contributed by atoms with Crippen LogP contribution in [0.4, 0.5) is 0 Å². The molecular formula is C17H22N2O3. The van der Waals surface area contributed by atoms with Crippen LogP contribution in [0.5, 0.6) is 0 Å². The van der Waals surface area contributed by atoms with Crippen LogP contribution in [0.25, 0.3) is 5.70 Å². The van der Waals surface area contributed by atoms with Crippen LogP contribution >= 0.6 is 0 Å². The largest absolute Gasteiger partial charge is 0.391 e. The Hall–Kier alpha value is -2.14. The number of carbonyl (C=O) groups excluding carboxylic acids is 2. The molecule has 0 fully saturated rings. The summed E-state index contributed by atoms with van der Waals surface area (Å²) in [7, 11) is 0. The van der Waals surface area contributed by atoms with Gasteiger partial charge in [-0.2, -0.15) is 0 Å². The molecule has 118 valence electrons. The third-order valence-electron chi connectivity index (χ3n) is 4.15. The van der Waals surface area contributed by atoms with Gasteiger partial charge in [-0.15, -0.1) is 0 Å². The lowest BCUT2D eigenvalue weighted by Gasteiger charge is -2.20. The Balaban J connectivity index is 1.94. The molecule has 0 saturated heterocycles. The van der Waals surface area contributed by atoms with Gasteiger partial charge in [-0.1, -0.05) is 45.0 Å². The van der Waals surface area contributed by atoms with E-state index in [1.807, 2.05) is 26.0 Å². The standard InChI is InChI=1S/C17H22N2O3/c1-4-11(2)15(20)9-18-16(21)10-19-12(3)13-7-5-6-8-14(13)17(19)22/h5-8,11,15,20H,3-4,9-10H2,1-2H3,(H,18,21). The highest BCUT2D eigenvalue weighted by Crippen LogP contribution is 2.30. The number of amides is 2. The van der Waals surface area contributed by atoms with Crippen LogP contribution in [0.1, 0.15) is 36.2 Å². The second-order valence-electron chi connectivity index (χ2n) is 5.64. The van der Waals surface area contributed by atoms with E-state index in [0.717, 1.165) is 12.0 Å². The molecule has 1 aliphatic heterocycles. The number of hydrogen-bond donors (Lipinski definition) is 2. The van der Waals surface area contributed by atoms with Gasteiger partial charge >= 0.3 is 0 Å². The molecule has 5 heteroatoms. The van der Waals surface area contributed by atoms with Crippen LogP contribution in [0.3, 0.4) is 0 Å². The fourth-order valence-electron chi connectivity index (χ4n) is 2.39. The molecule has 1 heterocycles. The maximum atomic E-state index is 12.3. The van der Waals surface area contributed by atoms with E-state index in [2.05, 4.69) is 11.9 Å². The van der Waals surface area contributed by atoms with Crippen LogP contribution in [0.2, 0.25) is 0 Å². The van der Waals surface area contributed by atoms with E-state index in [1.165, 1.54) is 4.90 Å². The molecule has 22 heavy (non-hydrogen) atoms. The topological polar surface area (TPSA) is 69.6 Å². The molecule has 0 saturated carbocycles. The van der Waals surface area contributed by atoms with Crippen LogP contribution < -0.4 is 5.32 Å². The molecule has 2 rings (SSSR count). The lowest BCUT2D eigenvalue weighted by atomic mass is 10.0. The van der Waals surface area contributed by atoms with E-state index < -0.39 is 6.10 Å². The van der Waals surface area contributed by atoms with Crippen molar-refractivity contribution in [2.45, 2.75) is 26.4 Å². The Morgan fingerprint density at radius 3 is 2.59 bits per heavy atom. The second kappa shape index (κ2) is 6.75. The summed E-state index contributed by atoms with van der Waals surface area (Å²) in [6.07, 6.45) is 0.261. The molecule has 0 aromatic heterocycles. The van der Waals surface area contributed by atoms with Crippen molar-refractivity contribution in [1.82, 2.24) is 10.2 Å². The average molecular weight is 302 g/mol. The molecule has 0 aliphatic carbocycles. The summed E-state index contributed by atoms with van der Waals surface area (Å²) in [6.45, 7) is 7.91. The molecule has 5 nitrogen and oxygen atoms in total. The van der Waals surface area contributed by atoms with Crippen LogP contribution in [0.15, 0.2) is 30.8 Å². The minimum atomic E-state index is -0.580. The third kappa shape index (κ3) is 3.20. The third-order valence-corrected chi connectivity index (χ3v) is 4.15. The zero-order valence-corrected chi connectivity index (χ0v) is 13.0. The van der Waals surface area contributed by atoms with Gasteiger partial charge in [0, 0.05) is 23.4 Å². The molecule has 2 unspecified atom stereocenters. The maximum absolute atomic E-state index is 12.3. The summed E-state index contributed by atoms with van der Waals surface area (Å²) >= 11 is 0. The Morgan fingerprint density at radius 1 is 1.36 bits per heavy atom. The van der Waals surface area contributed by atoms with Crippen molar-refractivity contribution in [1.29, 1.82) is 0 Å². The van der Waals surface area contributed by atoms with Gasteiger partial charge in [-0.25, -0.2) is 0 Å². The first kappa shape index (κ1) is 16.2. The quantitative estimate of drug-likeness (QED) is 0.839. The van der Waals surface area contributed by atoms with Crippen molar-refractivity contribution in [3.8, 4) is 0 Å². The molecular weight excluding hydrogens is 280 g/mol. The molecule has 1 aromatic carbocycles. The van der Waals surface area contributed by atoms with Gasteiger partial charge in [-0.3, -0.25) is 14.5 Å². The van der Waals surface area contributed by atoms with Gasteiger partial charge < -0.3 is 10.4 Å². The number of nitrogens with zero attached hydrogens (tertiary/aromatic N) is 1. The average Bonchev–Trinajstić information content (AvgIpc) is 2.77. The van der Waals surface area contributed by atoms with Gasteiger partial charge in [0.25, 0.3) is 5.91 Å². The van der Waals surface area contributed by atoms with Gasteiger partial charge in [0.15, 0.2) is 0 Å². The fraction of sp³-hybridized carbons (Fsp3) is 0.412. The molecule has 1 aromatic rings. The maximum Gasteiger partial charge on any atom is 0.259 e. The lowest BCUT2D eigenvalue weighted by Crippen LogP contribution is -2.41. The van der Waals surface area contributed by atoms with Gasteiger partial charge in [-0.05, 0) is 12.0 Å². The SMILES string of the molecule is C=C1c2ccccc2C(=O)N1CC(=O)NCC(O)C(C)CC. The van der Waals surface area contributed by atoms with Crippen LogP contribution in [-0.4, -0.2) is 41.0 Å². The number of rotatable bonds is 6. The lowest BCUT2D eigenvalue weighted by molar-refractivity contribution is -0.121. The number of benzene rings is 1. The van der Waals surface area contributed by atoms with Crippen LogP contribution in [-0.2, 0) is 4.79 Å². The minimum Gasteiger partial charge on any atom is -0.391 e. The normalized spacial score (nSPS) is 16.4. The van der Waals surface area contributed by atoms with E-state index in [1.54, 1.807) is 12.1 Å². The van der Waals surface area contributed by atoms with E-state index in [9.17, 15) is 14.7 Å². The van der Waals surface area contributed by atoms with E-state index in [0.29, 0.717) is 11.3 Å². The molecule has 0 spiro atoms. The monoisotopic (exact) mass is 302 g/mol. The van der Waals surface area contributed by atoms with Crippen molar-refractivity contribution in [3.63, 3.8) is 0 Å². The zero-order valence-electron chi connectivity index (χ0n) is 13.0. The number of fused-ring (bicyclic) bond motifs is 1. The Labute approximate surface area is 130 Å². The molecule has 0 radical (unpaired) electrons. The summed E-state index contributed by atoms with van der Waals surface area (Å²) in [4.78, 5) is 25.6. The van der Waals surface area contributed by atoms with Crippen molar-refractivity contribution in [2.75, 3.05) is 13.1 Å². The Bertz CT molecular complexity index is 562. The van der Waals surface area contributed by atoms with Crippen LogP contribution in [0, 0.1) is 5.92 Å². The number of nitrogens with one attached hydrogen (secondary N) is 1. The van der Waals surface area contributed by atoms with Crippen molar-refractivity contribution < 1.29 is 14.7 Å². The minimum absolute atomic E-state index is 0.0838. The predicted octanol–water partition coefficient (Wildman–Crippen LogP) is 1.64. The van der Waals surface area contributed by atoms with Gasteiger partial charge in [0.1, 0.15) is 6.54 Å². The Morgan fingerprint density at radius 2 is 2.00 bits per heavy atom. The first-order chi connectivity index (χ1) is 10.5. The van der Waals surface area contributed by atoms with Crippen molar-refractivity contribution in [2.24, 2.45) is 5.92 Å². The van der Waals surface area contributed by atoms with E-state index in [-0.39, 0.29) is 30.8 Å². The number of aliphatic hydroxyl groups excluding tert-OH is 1. The number of aliphatic hydroxyl groups is 1. The van der Waals surface area contributed by atoms with E-state index in [4.69, 9.17) is 0 Å². The number of hydrogen-bond acceptors (Lipinski definition) is 3. The van der Waals surface area contributed by atoms with Crippen molar-refractivity contribution in [3.05, 3.63) is 42.0 Å². The zero-order chi connectivity index (χ0) is 16.3. The summed E-state index contributed by atoms with van der Waals surface area (Å²) in [5, 5.41) is 12.5. The summed E-state index contributed by atoms with van der Waals surface area (Å²) in [6, 6.07) is 7.17. The smallest absolute Gasteiger partial charge is 0.259 e. The first-order valence-electron chi connectivity index (χ1n) is 7.50. The second-order valence-corrected chi connectivity index (χ2v) is 5.64. The molecule has 2 atom stereocenters. The first-order valence-corrected chi connectivity index (χ1v) is 7.50. The predicted molar refractivity (Wildman–Crippen MR) is 85.0 cm³/mol. The fourth-order valence-corrected chi connectivity index (χ4v) is 2.39. The molecule has 0 bridgehead atoms. The highest BCUT2D eigenvalue weighted by Gasteiger charge is 2.31. The summed E-state index contributed by atoms with van der Waals surface area (Å²) in [5.74, 6) is -0.393. The van der Waals surface area contributed by atoms with Crippen molar-refractivity contribution >= 4 is 17.5 Å². The van der Waals surface area contributed by atoms with Gasteiger partial charge in [0.05, 0.1) is 6.10 Å². The Kier molecular flexibility index (Phi) is 4.98. The van der Waals surface area contributed by atoms with E-state index >= 15 is 0 Å².